The van der Waals surface area contributed by atoms with Crippen LogP contribution in [0.4, 0.5) is 0 Å². The van der Waals surface area contributed by atoms with Crippen LogP contribution in [0.2, 0.25) is 0 Å². The van der Waals surface area contributed by atoms with Gasteiger partial charge in [0, 0.05) is 12.5 Å². The van der Waals surface area contributed by atoms with Crippen LogP contribution in [0, 0.1) is 5.92 Å². The van der Waals surface area contributed by atoms with Crippen LogP contribution >= 0.6 is 0 Å². The van der Waals surface area contributed by atoms with Crippen LogP contribution in [0.5, 0.6) is 0 Å². The minimum Gasteiger partial charge on any atom is -0.339 e. The first-order valence-corrected chi connectivity index (χ1v) is 7.31. The van der Waals surface area contributed by atoms with E-state index in [2.05, 4.69) is 17.1 Å². The van der Waals surface area contributed by atoms with Gasteiger partial charge in [-0.1, -0.05) is 18.5 Å². The van der Waals surface area contributed by atoms with Crippen LogP contribution in [0.15, 0.2) is 4.52 Å². The molecule has 100 valence electrons. The minimum absolute atomic E-state index is 0.0336. The van der Waals surface area contributed by atoms with Gasteiger partial charge in [0.15, 0.2) is 5.82 Å². The van der Waals surface area contributed by atoms with Gasteiger partial charge in [0.05, 0.1) is 5.41 Å². The fourth-order valence-corrected chi connectivity index (χ4v) is 3.10. The highest BCUT2D eigenvalue weighted by Crippen LogP contribution is 2.47. The van der Waals surface area contributed by atoms with E-state index in [1.54, 1.807) is 0 Å². The van der Waals surface area contributed by atoms with Crippen molar-refractivity contribution in [3.05, 3.63) is 11.7 Å². The number of nitrogens with two attached hydrogens (primary N) is 1. The Balaban J connectivity index is 1.67. The lowest BCUT2D eigenvalue weighted by Crippen LogP contribution is -2.20. The molecule has 1 aromatic rings. The van der Waals surface area contributed by atoms with Crippen LogP contribution in [-0.4, -0.2) is 16.7 Å². The average Bonchev–Trinajstić information content (AvgIpc) is 3.08. The summed E-state index contributed by atoms with van der Waals surface area (Å²) >= 11 is 0. The fraction of sp³-hybridized carbons (Fsp3) is 0.857. The molecule has 4 heteroatoms. The van der Waals surface area contributed by atoms with Gasteiger partial charge < -0.3 is 10.3 Å². The first kappa shape index (κ1) is 12.2. The molecular formula is C14H23N3O. The molecule has 0 amide bonds. The first-order valence-electron chi connectivity index (χ1n) is 7.31. The number of rotatable bonds is 4. The molecule has 2 fully saturated rings. The van der Waals surface area contributed by atoms with Crippen molar-refractivity contribution in [2.75, 3.05) is 6.54 Å². The zero-order valence-electron chi connectivity index (χ0n) is 11.2. The van der Waals surface area contributed by atoms with E-state index in [-0.39, 0.29) is 5.41 Å². The molecule has 0 unspecified atom stereocenters. The molecule has 2 aliphatic carbocycles. The van der Waals surface area contributed by atoms with Crippen molar-refractivity contribution in [1.29, 1.82) is 0 Å². The molecule has 1 aromatic heterocycles. The predicted octanol–water partition coefficient (Wildman–Crippen LogP) is 2.74. The summed E-state index contributed by atoms with van der Waals surface area (Å²) < 4.78 is 5.45. The highest BCUT2D eigenvalue weighted by molar-refractivity contribution is 5.17. The second-order valence-electron chi connectivity index (χ2n) is 6.07. The maximum absolute atomic E-state index is 5.80. The SMILES string of the molecule is CCC1CCC(c2noc(C3(CN)CC3)n2)CC1. The smallest absolute Gasteiger partial charge is 0.234 e. The van der Waals surface area contributed by atoms with E-state index in [1.807, 2.05) is 0 Å². The number of hydrogen-bond acceptors (Lipinski definition) is 4. The van der Waals surface area contributed by atoms with Gasteiger partial charge in [-0.05, 0) is 44.4 Å². The Kier molecular flexibility index (Phi) is 3.14. The van der Waals surface area contributed by atoms with E-state index in [0.29, 0.717) is 12.5 Å². The lowest BCUT2D eigenvalue weighted by atomic mass is 9.80. The largest absolute Gasteiger partial charge is 0.339 e. The molecule has 0 saturated heterocycles. The Morgan fingerprint density at radius 3 is 2.56 bits per heavy atom. The Hall–Kier alpha value is -0.900. The third kappa shape index (κ3) is 2.07. The third-order valence-electron chi connectivity index (χ3n) is 4.93. The summed E-state index contributed by atoms with van der Waals surface area (Å²) in [6.45, 7) is 2.92. The lowest BCUT2D eigenvalue weighted by Gasteiger charge is -2.25. The Morgan fingerprint density at radius 2 is 2.00 bits per heavy atom. The van der Waals surface area contributed by atoms with E-state index in [9.17, 15) is 0 Å². The van der Waals surface area contributed by atoms with Crippen molar-refractivity contribution >= 4 is 0 Å². The Bertz CT molecular complexity index is 403. The third-order valence-corrected chi connectivity index (χ3v) is 4.93. The molecule has 0 atom stereocenters. The zero-order chi connectivity index (χ0) is 12.6. The van der Waals surface area contributed by atoms with Gasteiger partial charge in [0.25, 0.3) is 0 Å². The van der Waals surface area contributed by atoms with Crippen LogP contribution in [-0.2, 0) is 5.41 Å². The summed E-state index contributed by atoms with van der Waals surface area (Å²) in [6, 6.07) is 0. The lowest BCUT2D eigenvalue weighted by molar-refractivity contribution is 0.300. The second kappa shape index (κ2) is 4.65. The van der Waals surface area contributed by atoms with E-state index < -0.39 is 0 Å². The summed E-state index contributed by atoms with van der Waals surface area (Å²) in [7, 11) is 0. The van der Waals surface area contributed by atoms with Gasteiger partial charge in [-0.3, -0.25) is 0 Å². The van der Waals surface area contributed by atoms with Gasteiger partial charge in [-0.25, -0.2) is 0 Å². The quantitative estimate of drug-likeness (QED) is 0.891. The van der Waals surface area contributed by atoms with Crippen molar-refractivity contribution < 1.29 is 4.52 Å². The minimum atomic E-state index is 0.0336. The van der Waals surface area contributed by atoms with Gasteiger partial charge >= 0.3 is 0 Å². The predicted molar refractivity (Wildman–Crippen MR) is 69.3 cm³/mol. The molecule has 0 spiro atoms. The molecule has 18 heavy (non-hydrogen) atoms. The van der Waals surface area contributed by atoms with Crippen LogP contribution in [0.1, 0.15) is 69.5 Å². The maximum atomic E-state index is 5.80. The van der Waals surface area contributed by atoms with Gasteiger partial charge in [-0.15, -0.1) is 0 Å². The molecule has 0 aliphatic heterocycles. The molecule has 0 bridgehead atoms. The molecule has 1 heterocycles. The maximum Gasteiger partial charge on any atom is 0.234 e. The summed E-state index contributed by atoms with van der Waals surface area (Å²) in [4.78, 5) is 4.63. The molecular weight excluding hydrogens is 226 g/mol. The Labute approximate surface area is 108 Å². The average molecular weight is 249 g/mol. The van der Waals surface area contributed by atoms with E-state index in [4.69, 9.17) is 10.3 Å². The summed E-state index contributed by atoms with van der Waals surface area (Å²) in [5.74, 6) is 3.14. The molecule has 0 aromatic carbocycles. The van der Waals surface area contributed by atoms with Crippen molar-refractivity contribution in [3.63, 3.8) is 0 Å². The van der Waals surface area contributed by atoms with Crippen molar-refractivity contribution in [3.8, 4) is 0 Å². The highest BCUT2D eigenvalue weighted by Gasteiger charge is 2.48. The number of nitrogens with zero attached hydrogens (tertiary/aromatic N) is 2. The molecule has 2 saturated carbocycles. The molecule has 0 radical (unpaired) electrons. The molecule has 3 rings (SSSR count). The van der Waals surface area contributed by atoms with E-state index in [1.165, 1.54) is 32.1 Å². The van der Waals surface area contributed by atoms with Crippen LogP contribution in [0.3, 0.4) is 0 Å². The topological polar surface area (TPSA) is 64.9 Å². The van der Waals surface area contributed by atoms with Gasteiger partial charge in [-0.2, -0.15) is 4.98 Å². The molecule has 2 N–H and O–H groups in total. The van der Waals surface area contributed by atoms with Gasteiger partial charge in [0.2, 0.25) is 5.89 Å². The zero-order valence-corrected chi connectivity index (χ0v) is 11.2. The van der Waals surface area contributed by atoms with E-state index in [0.717, 1.165) is 30.5 Å². The van der Waals surface area contributed by atoms with Crippen LogP contribution < -0.4 is 5.73 Å². The van der Waals surface area contributed by atoms with Crippen molar-refractivity contribution in [2.45, 2.75) is 63.2 Å². The standard InChI is InChI=1S/C14H23N3O/c1-2-10-3-5-11(6-4-10)12-16-13(18-17-12)14(9-15)7-8-14/h10-11H,2-9,15H2,1H3. The highest BCUT2D eigenvalue weighted by atomic mass is 16.5. The molecule has 2 aliphatic rings. The van der Waals surface area contributed by atoms with Gasteiger partial charge in [0.1, 0.15) is 0 Å². The normalized spacial score (nSPS) is 30.3. The monoisotopic (exact) mass is 249 g/mol. The van der Waals surface area contributed by atoms with Crippen LogP contribution in [0.25, 0.3) is 0 Å². The fourth-order valence-electron chi connectivity index (χ4n) is 3.10. The summed E-state index contributed by atoms with van der Waals surface area (Å²) in [5, 5.41) is 4.20. The number of aromatic nitrogens is 2. The summed E-state index contributed by atoms with van der Waals surface area (Å²) in [5.41, 5.74) is 5.83. The Morgan fingerprint density at radius 1 is 1.28 bits per heavy atom. The molecule has 4 nitrogen and oxygen atoms in total. The second-order valence-corrected chi connectivity index (χ2v) is 6.07. The number of hydrogen-bond donors (Lipinski definition) is 1. The van der Waals surface area contributed by atoms with E-state index >= 15 is 0 Å². The van der Waals surface area contributed by atoms with Crippen molar-refractivity contribution in [1.82, 2.24) is 10.1 Å². The summed E-state index contributed by atoms with van der Waals surface area (Å²) in [6.07, 6.45) is 8.57. The van der Waals surface area contributed by atoms with Crippen molar-refractivity contribution in [2.24, 2.45) is 11.7 Å². The first-order chi connectivity index (χ1) is 8.77.